The van der Waals surface area contributed by atoms with E-state index in [9.17, 15) is 14.5 Å². The quantitative estimate of drug-likeness (QED) is 0.448. The van der Waals surface area contributed by atoms with Crippen molar-refractivity contribution in [1.82, 2.24) is 0 Å². The maximum Gasteiger partial charge on any atom is 0.375 e. The van der Waals surface area contributed by atoms with Gasteiger partial charge in [-0.25, -0.2) is 0 Å². The van der Waals surface area contributed by atoms with Gasteiger partial charge < -0.3 is 0 Å². The van der Waals surface area contributed by atoms with Crippen LogP contribution in [0.5, 0.6) is 0 Å². The molecule has 0 aliphatic rings. The van der Waals surface area contributed by atoms with E-state index >= 15 is 0 Å². The van der Waals surface area contributed by atoms with Gasteiger partial charge in [0, 0.05) is 4.47 Å². The van der Waals surface area contributed by atoms with Gasteiger partial charge in [0.25, 0.3) is 0 Å². The van der Waals surface area contributed by atoms with Crippen molar-refractivity contribution < 1.29 is 9.31 Å². The van der Waals surface area contributed by atoms with Crippen LogP contribution >= 0.6 is 15.9 Å². The van der Waals surface area contributed by atoms with E-state index in [4.69, 9.17) is 0 Å². The highest BCUT2D eigenvalue weighted by atomic mass is 79.9. The average molecular weight is 234 g/mol. The van der Waals surface area contributed by atoms with Crippen LogP contribution in [0, 0.1) is 10.1 Å². The highest BCUT2D eigenvalue weighted by Crippen LogP contribution is 2.19. The van der Waals surface area contributed by atoms with Crippen molar-refractivity contribution in [2.45, 2.75) is 6.30 Å². The fourth-order valence-electron chi connectivity index (χ4n) is 0.743. The van der Waals surface area contributed by atoms with Gasteiger partial charge in [0.1, 0.15) is 0 Å². The molecule has 64 valence electrons. The molecule has 1 atom stereocenters. The first kappa shape index (κ1) is 9.12. The fraction of sp³-hybridized carbons (Fsp3) is 0.143. The summed E-state index contributed by atoms with van der Waals surface area (Å²) in [5.74, 6) is 0. The molecule has 0 saturated heterocycles. The Morgan fingerprint density at radius 1 is 1.42 bits per heavy atom. The van der Waals surface area contributed by atoms with Crippen molar-refractivity contribution >= 4 is 15.9 Å². The van der Waals surface area contributed by atoms with Gasteiger partial charge in [0.15, 0.2) is 0 Å². The summed E-state index contributed by atoms with van der Waals surface area (Å²) in [4.78, 5) is 9.03. The minimum absolute atomic E-state index is 0.0585. The summed E-state index contributed by atoms with van der Waals surface area (Å²) in [6, 6.07) is 5.87. The Kier molecular flexibility index (Phi) is 2.75. The largest absolute Gasteiger partial charge is 0.375 e. The van der Waals surface area contributed by atoms with E-state index in [2.05, 4.69) is 15.9 Å². The predicted molar refractivity (Wildman–Crippen MR) is 45.0 cm³/mol. The van der Waals surface area contributed by atoms with Gasteiger partial charge >= 0.3 is 6.30 Å². The minimum atomic E-state index is -2.13. The molecular formula is C7H5BrFNO2. The molecule has 0 spiro atoms. The van der Waals surface area contributed by atoms with Crippen LogP contribution in [0.25, 0.3) is 0 Å². The number of hydrogen-bond acceptors (Lipinski definition) is 2. The molecule has 0 heterocycles. The van der Waals surface area contributed by atoms with Gasteiger partial charge in [0.05, 0.1) is 10.5 Å². The first-order valence-electron chi connectivity index (χ1n) is 3.14. The van der Waals surface area contributed by atoms with Crippen LogP contribution in [-0.4, -0.2) is 4.92 Å². The molecular weight excluding hydrogens is 229 g/mol. The van der Waals surface area contributed by atoms with Crippen molar-refractivity contribution in [1.29, 1.82) is 0 Å². The summed E-state index contributed by atoms with van der Waals surface area (Å²) in [7, 11) is 0. The molecule has 0 aliphatic carbocycles. The molecule has 0 bridgehead atoms. The van der Waals surface area contributed by atoms with Crippen LogP contribution in [-0.2, 0) is 0 Å². The van der Waals surface area contributed by atoms with Crippen LogP contribution < -0.4 is 0 Å². The van der Waals surface area contributed by atoms with Crippen molar-refractivity contribution in [3.05, 3.63) is 44.4 Å². The first-order valence-corrected chi connectivity index (χ1v) is 3.93. The van der Waals surface area contributed by atoms with E-state index in [1.54, 1.807) is 12.1 Å². The molecule has 12 heavy (non-hydrogen) atoms. The molecule has 5 heteroatoms. The van der Waals surface area contributed by atoms with E-state index in [0.29, 0.717) is 0 Å². The number of alkyl halides is 1. The Morgan fingerprint density at radius 3 is 2.33 bits per heavy atom. The second-order valence-electron chi connectivity index (χ2n) is 2.17. The summed E-state index contributed by atoms with van der Waals surface area (Å²) in [5, 5.41) is 10.0. The molecule has 0 aromatic heterocycles. The molecule has 1 rings (SSSR count). The molecule has 0 N–H and O–H groups in total. The number of rotatable bonds is 2. The van der Waals surface area contributed by atoms with Gasteiger partial charge in [-0.05, 0) is 24.3 Å². The number of hydrogen-bond donors (Lipinski definition) is 0. The van der Waals surface area contributed by atoms with Crippen molar-refractivity contribution in [3.8, 4) is 0 Å². The van der Waals surface area contributed by atoms with Crippen LogP contribution in [0.4, 0.5) is 4.39 Å². The molecule has 0 amide bonds. The van der Waals surface area contributed by atoms with E-state index in [1.165, 1.54) is 12.1 Å². The smallest absolute Gasteiger partial charge is 0.261 e. The Bertz CT molecular complexity index is 288. The van der Waals surface area contributed by atoms with Gasteiger partial charge in [-0.1, -0.05) is 15.9 Å². The van der Waals surface area contributed by atoms with Crippen LogP contribution in [0.3, 0.4) is 0 Å². The van der Waals surface area contributed by atoms with E-state index in [-0.39, 0.29) is 5.56 Å². The Balaban J connectivity index is 2.89. The molecule has 0 radical (unpaired) electrons. The summed E-state index contributed by atoms with van der Waals surface area (Å²) >= 11 is 3.14. The fourth-order valence-corrected chi connectivity index (χ4v) is 1.01. The van der Waals surface area contributed by atoms with Gasteiger partial charge in [-0.3, -0.25) is 10.1 Å². The van der Waals surface area contributed by atoms with Crippen molar-refractivity contribution in [2.24, 2.45) is 0 Å². The van der Waals surface area contributed by atoms with Crippen molar-refractivity contribution in [3.63, 3.8) is 0 Å². The number of benzene rings is 1. The maximum absolute atomic E-state index is 12.7. The zero-order chi connectivity index (χ0) is 9.14. The number of nitro groups is 1. The van der Waals surface area contributed by atoms with E-state index < -0.39 is 11.2 Å². The normalized spacial score (nSPS) is 12.5. The second kappa shape index (κ2) is 3.62. The zero-order valence-corrected chi connectivity index (χ0v) is 7.49. The van der Waals surface area contributed by atoms with E-state index in [1.807, 2.05) is 0 Å². The second-order valence-corrected chi connectivity index (χ2v) is 3.09. The summed E-state index contributed by atoms with van der Waals surface area (Å²) in [6.45, 7) is 0. The number of nitrogens with zero attached hydrogens (tertiary/aromatic N) is 1. The third kappa shape index (κ3) is 2.01. The molecule has 0 fully saturated rings. The standard InChI is InChI=1S/C7H5BrFNO2/c8-6-3-1-5(2-4-6)7(9)10(11)12/h1-4,7H. The van der Waals surface area contributed by atoms with Crippen molar-refractivity contribution in [2.75, 3.05) is 0 Å². The SMILES string of the molecule is O=[N+]([O-])C(F)c1ccc(Br)cc1. The topological polar surface area (TPSA) is 43.1 Å². The lowest BCUT2D eigenvalue weighted by molar-refractivity contribution is -0.560. The molecule has 0 aliphatic heterocycles. The molecule has 1 aromatic rings. The average Bonchev–Trinajstić information content (AvgIpc) is 2.04. The maximum atomic E-state index is 12.7. The molecule has 0 saturated carbocycles. The van der Waals surface area contributed by atoms with Gasteiger partial charge in [-0.2, -0.15) is 4.39 Å². The first-order chi connectivity index (χ1) is 5.61. The lowest BCUT2D eigenvalue weighted by atomic mass is 10.2. The molecule has 3 nitrogen and oxygen atoms in total. The summed E-state index contributed by atoms with van der Waals surface area (Å²) in [5.41, 5.74) is 0.0585. The zero-order valence-electron chi connectivity index (χ0n) is 5.91. The molecule has 1 unspecified atom stereocenters. The van der Waals surface area contributed by atoms with E-state index in [0.717, 1.165) is 4.47 Å². The summed E-state index contributed by atoms with van der Waals surface area (Å²) in [6.07, 6.45) is -2.13. The third-order valence-corrected chi connectivity index (χ3v) is 1.86. The predicted octanol–water partition coefficient (Wildman–Crippen LogP) is 2.69. The lowest BCUT2D eigenvalue weighted by Gasteiger charge is -1.99. The van der Waals surface area contributed by atoms with Gasteiger partial charge in [-0.15, -0.1) is 0 Å². The van der Waals surface area contributed by atoms with Crippen LogP contribution in [0.2, 0.25) is 0 Å². The summed E-state index contributed by atoms with van der Waals surface area (Å²) < 4.78 is 13.4. The monoisotopic (exact) mass is 233 g/mol. The Hall–Kier alpha value is -0.970. The van der Waals surface area contributed by atoms with Crippen LogP contribution in [0.15, 0.2) is 28.7 Å². The number of halogens is 2. The van der Waals surface area contributed by atoms with Gasteiger partial charge in [0.2, 0.25) is 0 Å². The lowest BCUT2D eigenvalue weighted by Crippen LogP contribution is -2.03. The van der Waals surface area contributed by atoms with Crippen LogP contribution in [0.1, 0.15) is 11.9 Å². The Labute approximate surface area is 76.5 Å². The molecule has 1 aromatic carbocycles. The highest BCUT2D eigenvalue weighted by molar-refractivity contribution is 9.10. The Morgan fingerprint density at radius 2 is 1.92 bits per heavy atom. The highest BCUT2D eigenvalue weighted by Gasteiger charge is 2.19. The third-order valence-electron chi connectivity index (χ3n) is 1.33. The minimum Gasteiger partial charge on any atom is -0.261 e.